The van der Waals surface area contributed by atoms with Gasteiger partial charge in [0.05, 0.1) is 11.8 Å². The van der Waals surface area contributed by atoms with Crippen molar-refractivity contribution in [3.63, 3.8) is 0 Å². The maximum atomic E-state index is 11.7. The van der Waals surface area contributed by atoms with Gasteiger partial charge in [0.15, 0.2) is 0 Å². The van der Waals surface area contributed by atoms with Crippen LogP contribution in [-0.2, 0) is 6.42 Å². The number of likely N-dealkylation sites (tertiary alicyclic amines) is 1. The molecule has 2 aliphatic rings. The van der Waals surface area contributed by atoms with Crippen LogP contribution in [0.1, 0.15) is 69.6 Å². The van der Waals surface area contributed by atoms with E-state index in [2.05, 4.69) is 34.6 Å². The van der Waals surface area contributed by atoms with Gasteiger partial charge in [-0.05, 0) is 68.1 Å². The van der Waals surface area contributed by atoms with E-state index in [4.69, 9.17) is 10.5 Å². The molecule has 3 atom stereocenters. The average molecular weight is 360 g/mol. The Morgan fingerprint density at radius 1 is 1.35 bits per heavy atom. The first kappa shape index (κ1) is 18.9. The van der Waals surface area contributed by atoms with Crippen LogP contribution in [0, 0.1) is 12.3 Å². The summed E-state index contributed by atoms with van der Waals surface area (Å²) in [5.74, 6) is 1.21. The van der Waals surface area contributed by atoms with Gasteiger partial charge < -0.3 is 20.5 Å². The molecule has 144 valence electrons. The van der Waals surface area contributed by atoms with Gasteiger partial charge in [0.2, 0.25) is 0 Å². The van der Waals surface area contributed by atoms with Crippen molar-refractivity contribution in [3.05, 3.63) is 22.8 Å². The predicted molar refractivity (Wildman–Crippen MR) is 104 cm³/mol. The molecule has 3 N–H and O–H groups in total. The number of benzene rings is 1. The van der Waals surface area contributed by atoms with E-state index in [1.54, 1.807) is 4.90 Å². The molecule has 1 aromatic carbocycles. The van der Waals surface area contributed by atoms with Crippen molar-refractivity contribution >= 4 is 11.8 Å². The summed E-state index contributed by atoms with van der Waals surface area (Å²) >= 11 is 0. The fourth-order valence-corrected chi connectivity index (χ4v) is 4.75. The van der Waals surface area contributed by atoms with Gasteiger partial charge in [-0.15, -0.1) is 0 Å². The molecule has 0 aliphatic carbocycles. The Labute approximate surface area is 156 Å². The number of hydrogen-bond acceptors (Lipinski definition) is 3. The lowest BCUT2D eigenvalue weighted by Crippen LogP contribution is -2.51. The van der Waals surface area contributed by atoms with Gasteiger partial charge in [-0.1, -0.05) is 20.8 Å². The van der Waals surface area contributed by atoms with Gasteiger partial charge in [0.1, 0.15) is 5.75 Å². The van der Waals surface area contributed by atoms with Crippen molar-refractivity contribution < 1.29 is 14.6 Å². The van der Waals surface area contributed by atoms with Crippen molar-refractivity contribution in [2.45, 2.75) is 78.4 Å². The number of aryl methyl sites for hydroxylation is 1. The molecule has 1 saturated heterocycles. The minimum atomic E-state index is -0.809. The number of carboxylic acid groups (broad SMARTS) is 1. The number of rotatable bonds is 1. The monoisotopic (exact) mass is 360 g/mol. The number of carbonyl (C=O) groups is 1. The van der Waals surface area contributed by atoms with Crippen LogP contribution in [0.2, 0.25) is 0 Å². The Balaban J connectivity index is 2.00. The number of hydrogen-bond donors (Lipinski definition) is 2. The van der Waals surface area contributed by atoms with Gasteiger partial charge in [0, 0.05) is 18.2 Å². The maximum Gasteiger partial charge on any atom is 0.407 e. The highest BCUT2D eigenvalue weighted by Crippen LogP contribution is 2.46. The summed E-state index contributed by atoms with van der Waals surface area (Å²) in [7, 11) is 0. The van der Waals surface area contributed by atoms with E-state index in [-0.39, 0.29) is 17.6 Å². The van der Waals surface area contributed by atoms with Gasteiger partial charge in [-0.3, -0.25) is 0 Å². The minimum Gasteiger partial charge on any atom is -0.488 e. The Bertz CT molecular complexity index is 708. The molecular formula is C21H32N2O3. The highest BCUT2D eigenvalue weighted by atomic mass is 16.5. The molecule has 2 heterocycles. The zero-order valence-corrected chi connectivity index (χ0v) is 16.6. The largest absolute Gasteiger partial charge is 0.488 e. The molecular weight excluding hydrogens is 328 g/mol. The molecule has 5 heteroatoms. The van der Waals surface area contributed by atoms with Crippen LogP contribution in [0.3, 0.4) is 0 Å². The van der Waals surface area contributed by atoms with Gasteiger partial charge in [0.25, 0.3) is 0 Å². The first-order chi connectivity index (χ1) is 12.1. The highest BCUT2D eigenvalue weighted by molar-refractivity contribution is 5.66. The summed E-state index contributed by atoms with van der Waals surface area (Å²) in [6, 6.07) is 2.04. The van der Waals surface area contributed by atoms with Crippen molar-refractivity contribution in [2.24, 2.45) is 5.41 Å². The highest BCUT2D eigenvalue weighted by Gasteiger charge is 2.40. The van der Waals surface area contributed by atoms with E-state index >= 15 is 0 Å². The van der Waals surface area contributed by atoms with E-state index in [1.165, 1.54) is 16.7 Å². The number of piperidine rings is 1. The Morgan fingerprint density at radius 3 is 2.65 bits per heavy atom. The smallest absolute Gasteiger partial charge is 0.407 e. The van der Waals surface area contributed by atoms with Crippen LogP contribution in [0.15, 0.2) is 6.07 Å². The molecule has 26 heavy (non-hydrogen) atoms. The summed E-state index contributed by atoms with van der Waals surface area (Å²) in [6.45, 7) is 11.2. The summed E-state index contributed by atoms with van der Waals surface area (Å²) < 4.78 is 6.07. The third-order valence-corrected chi connectivity index (χ3v) is 6.03. The molecule has 5 nitrogen and oxygen atoms in total. The summed E-state index contributed by atoms with van der Waals surface area (Å²) in [5, 5.41) is 9.63. The lowest BCUT2D eigenvalue weighted by molar-refractivity contribution is 0.0522. The Morgan fingerprint density at radius 2 is 2.04 bits per heavy atom. The minimum absolute atomic E-state index is 0.00906. The molecule has 0 aromatic heterocycles. The number of nitrogen functional groups attached to an aromatic ring is 1. The first-order valence-electron chi connectivity index (χ1n) is 9.67. The normalized spacial score (nSPS) is 26.2. The number of anilines is 1. The SMILES string of the molecule is Cc1cc(N)c2c(c1C1CCN(C(=O)O)C(C(C)(C)C)C1)CCC(C)O2. The molecule has 0 saturated carbocycles. The molecule has 0 bridgehead atoms. The Kier molecular flexibility index (Phi) is 4.84. The number of fused-ring (bicyclic) bond motifs is 1. The van der Waals surface area contributed by atoms with E-state index in [0.29, 0.717) is 12.5 Å². The number of amides is 1. The zero-order chi connectivity index (χ0) is 19.2. The molecule has 0 spiro atoms. The summed E-state index contributed by atoms with van der Waals surface area (Å²) in [4.78, 5) is 13.4. The van der Waals surface area contributed by atoms with Gasteiger partial charge in [-0.2, -0.15) is 0 Å². The van der Waals surface area contributed by atoms with E-state index in [0.717, 1.165) is 37.1 Å². The van der Waals surface area contributed by atoms with Crippen molar-refractivity contribution in [2.75, 3.05) is 12.3 Å². The quantitative estimate of drug-likeness (QED) is 0.720. The second-order valence-electron chi connectivity index (χ2n) is 9.05. The second-order valence-corrected chi connectivity index (χ2v) is 9.05. The van der Waals surface area contributed by atoms with Crippen molar-refractivity contribution in [1.82, 2.24) is 4.90 Å². The van der Waals surface area contributed by atoms with Crippen molar-refractivity contribution in [1.29, 1.82) is 0 Å². The summed E-state index contributed by atoms with van der Waals surface area (Å²) in [6.07, 6.45) is 3.07. The van der Waals surface area contributed by atoms with Crippen molar-refractivity contribution in [3.8, 4) is 5.75 Å². The van der Waals surface area contributed by atoms with E-state index < -0.39 is 6.09 Å². The van der Waals surface area contributed by atoms with Gasteiger partial charge in [-0.25, -0.2) is 4.79 Å². The predicted octanol–water partition coefficient (Wildman–Crippen LogP) is 4.56. The van der Waals surface area contributed by atoms with Crippen LogP contribution in [0.25, 0.3) is 0 Å². The molecule has 1 amide bonds. The molecule has 3 rings (SSSR count). The lowest BCUT2D eigenvalue weighted by atomic mass is 9.73. The van der Waals surface area contributed by atoms with Crippen LogP contribution >= 0.6 is 0 Å². The van der Waals surface area contributed by atoms with Crippen LogP contribution < -0.4 is 10.5 Å². The molecule has 1 aromatic rings. The van der Waals surface area contributed by atoms with Crippen LogP contribution in [0.4, 0.5) is 10.5 Å². The summed E-state index contributed by atoms with van der Waals surface area (Å²) in [5.41, 5.74) is 10.7. The van der Waals surface area contributed by atoms with E-state index in [1.807, 2.05) is 6.07 Å². The third-order valence-electron chi connectivity index (χ3n) is 6.03. The topological polar surface area (TPSA) is 75.8 Å². The maximum absolute atomic E-state index is 11.7. The second kappa shape index (κ2) is 6.67. The average Bonchev–Trinajstić information content (AvgIpc) is 2.54. The number of nitrogens with zero attached hydrogens (tertiary/aromatic N) is 1. The standard InChI is InChI=1S/C21H32N2O3/c1-12-10-16(22)19-15(7-6-13(2)26-19)18(12)14-8-9-23(20(24)25)17(11-14)21(3,4)5/h10,13-14,17H,6-9,11,22H2,1-5H3,(H,24,25). The zero-order valence-electron chi connectivity index (χ0n) is 16.6. The van der Waals surface area contributed by atoms with Gasteiger partial charge >= 0.3 is 6.09 Å². The lowest BCUT2D eigenvalue weighted by Gasteiger charge is -2.45. The van der Waals surface area contributed by atoms with E-state index in [9.17, 15) is 9.90 Å². The van der Waals surface area contributed by atoms with Crippen LogP contribution in [0.5, 0.6) is 5.75 Å². The first-order valence-corrected chi connectivity index (χ1v) is 9.67. The third kappa shape index (κ3) is 3.36. The molecule has 2 aliphatic heterocycles. The van der Waals surface area contributed by atoms with Crippen LogP contribution in [-0.4, -0.2) is 34.8 Å². The fraction of sp³-hybridized carbons (Fsp3) is 0.667. The fourth-order valence-electron chi connectivity index (χ4n) is 4.75. The molecule has 0 radical (unpaired) electrons. The molecule has 3 unspecified atom stereocenters. The molecule has 1 fully saturated rings. The Hall–Kier alpha value is -1.91. The number of nitrogens with two attached hydrogens (primary N) is 1. The number of ether oxygens (including phenoxy) is 1.